The van der Waals surface area contributed by atoms with Crippen molar-refractivity contribution in [2.75, 3.05) is 39.6 Å². The maximum absolute atomic E-state index is 9.15. The molecule has 170 valence electrons. The second kappa shape index (κ2) is 12.7. The van der Waals surface area contributed by atoms with Gasteiger partial charge in [-0.3, -0.25) is 0 Å². The van der Waals surface area contributed by atoms with Gasteiger partial charge in [-0.25, -0.2) is 0 Å². The van der Waals surface area contributed by atoms with E-state index in [1.807, 2.05) is 60.7 Å². The van der Waals surface area contributed by atoms with Gasteiger partial charge in [-0.2, -0.15) is 0 Å². The van der Waals surface area contributed by atoms with Crippen LogP contribution >= 0.6 is 0 Å². The molecule has 3 N–H and O–H groups in total. The van der Waals surface area contributed by atoms with Crippen molar-refractivity contribution in [2.24, 2.45) is 0 Å². The molecular formula is C26H30O6. The molecule has 0 aliphatic heterocycles. The first-order chi connectivity index (χ1) is 15.7. The molecule has 32 heavy (non-hydrogen) atoms. The molecule has 0 saturated heterocycles. The van der Waals surface area contributed by atoms with Crippen LogP contribution in [-0.2, 0) is 12.8 Å². The van der Waals surface area contributed by atoms with E-state index in [0.717, 1.165) is 45.9 Å². The fourth-order valence-corrected chi connectivity index (χ4v) is 3.37. The predicted octanol–water partition coefficient (Wildman–Crippen LogP) is 2.98. The molecule has 0 aliphatic carbocycles. The Morgan fingerprint density at radius 1 is 0.500 bits per heavy atom. The average Bonchev–Trinajstić information content (AvgIpc) is 2.83. The summed E-state index contributed by atoms with van der Waals surface area (Å²) in [5, 5.41) is 26.9. The van der Waals surface area contributed by atoms with E-state index in [9.17, 15) is 0 Å². The Balaban J connectivity index is 1.74. The second-order valence-corrected chi connectivity index (χ2v) is 7.30. The van der Waals surface area contributed by atoms with Crippen LogP contribution in [0.5, 0.6) is 17.2 Å². The summed E-state index contributed by atoms with van der Waals surface area (Å²) in [7, 11) is 0. The molecule has 0 aliphatic rings. The zero-order valence-electron chi connectivity index (χ0n) is 18.1. The monoisotopic (exact) mass is 438 g/mol. The van der Waals surface area contributed by atoms with Crippen LogP contribution in [0.25, 0.3) is 0 Å². The van der Waals surface area contributed by atoms with Gasteiger partial charge in [0.25, 0.3) is 0 Å². The fourth-order valence-electron chi connectivity index (χ4n) is 3.37. The van der Waals surface area contributed by atoms with Crippen molar-refractivity contribution in [1.82, 2.24) is 0 Å². The van der Waals surface area contributed by atoms with Gasteiger partial charge in [-0.05, 0) is 59.0 Å². The van der Waals surface area contributed by atoms with E-state index in [2.05, 4.69) is 6.07 Å². The molecule has 0 saturated carbocycles. The van der Waals surface area contributed by atoms with Crippen LogP contribution in [0.1, 0.15) is 22.3 Å². The number of hydrogen-bond donors (Lipinski definition) is 3. The third-order valence-corrected chi connectivity index (χ3v) is 4.84. The number of aliphatic hydroxyl groups excluding tert-OH is 3. The first-order valence-electron chi connectivity index (χ1n) is 10.7. The van der Waals surface area contributed by atoms with Gasteiger partial charge in [0.2, 0.25) is 0 Å². The van der Waals surface area contributed by atoms with Crippen molar-refractivity contribution >= 4 is 0 Å². The molecule has 3 aromatic rings. The quantitative estimate of drug-likeness (QED) is 0.380. The van der Waals surface area contributed by atoms with Gasteiger partial charge < -0.3 is 29.5 Å². The van der Waals surface area contributed by atoms with Crippen LogP contribution in [0.2, 0.25) is 0 Å². The molecule has 0 bridgehead atoms. The maximum Gasteiger partial charge on any atom is 0.122 e. The molecule has 6 heteroatoms. The van der Waals surface area contributed by atoms with E-state index in [1.165, 1.54) is 0 Å². The number of benzene rings is 3. The summed E-state index contributed by atoms with van der Waals surface area (Å²) in [6.45, 7) is 0.742. The van der Waals surface area contributed by atoms with E-state index in [-0.39, 0.29) is 39.6 Å². The molecule has 0 heterocycles. The van der Waals surface area contributed by atoms with Crippen molar-refractivity contribution in [3.8, 4) is 17.2 Å². The molecule has 6 nitrogen and oxygen atoms in total. The summed E-state index contributed by atoms with van der Waals surface area (Å²) in [6.07, 6.45) is 1.45. The predicted molar refractivity (Wildman–Crippen MR) is 123 cm³/mol. The fraction of sp³-hybridized carbons (Fsp3) is 0.308. The van der Waals surface area contributed by atoms with Gasteiger partial charge in [-0.15, -0.1) is 0 Å². The van der Waals surface area contributed by atoms with Crippen LogP contribution in [0.3, 0.4) is 0 Å². The third-order valence-electron chi connectivity index (χ3n) is 4.84. The largest absolute Gasteiger partial charge is 0.491 e. The van der Waals surface area contributed by atoms with Gasteiger partial charge in [0.05, 0.1) is 19.8 Å². The summed E-state index contributed by atoms with van der Waals surface area (Å²) >= 11 is 0. The molecule has 0 atom stereocenters. The topological polar surface area (TPSA) is 88.4 Å². The summed E-state index contributed by atoms with van der Waals surface area (Å²) < 4.78 is 16.6. The lowest BCUT2D eigenvalue weighted by Gasteiger charge is -2.14. The number of hydrogen-bond acceptors (Lipinski definition) is 6. The molecule has 3 rings (SSSR count). The Kier molecular flexibility index (Phi) is 9.37. The lowest BCUT2D eigenvalue weighted by atomic mass is 9.98. The van der Waals surface area contributed by atoms with E-state index in [1.54, 1.807) is 0 Å². The lowest BCUT2D eigenvalue weighted by molar-refractivity contribution is 0.200. The molecule has 0 unspecified atom stereocenters. The van der Waals surface area contributed by atoms with Crippen LogP contribution in [0.15, 0.2) is 66.7 Å². The van der Waals surface area contributed by atoms with Crippen molar-refractivity contribution in [2.45, 2.75) is 12.8 Å². The highest BCUT2D eigenvalue weighted by atomic mass is 16.5. The lowest BCUT2D eigenvalue weighted by Crippen LogP contribution is -2.05. The van der Waals surface area contributed by atoms with Crippen LogP contribution in [0.4, 0.5) is 0 Å². The maximum atomic E-state index is 9.15. The van der Waals surface area contributed by atoms with Crippen molar-refractivity contribution in [1.29, 1.82) is 0 Å². The smallest absolute Gasteiger partial charge is 0.122 e. The summed E-state index contributed by atoms with van der Waals surface area (Å²) in [4.78, 5) is 0. The van der Waals surface area contributed by atoms with Crippen LogP contribution in [-0.4, -0.2) is 55.0 Å². The molecule has 0 amide bonds. The van der Waals surface area contributed by atoms with Crippen LogP contribution in [0, 0.1) is 0 Å². The van der Waals surface area contributed by atoms with Crippen molar-refractivity contribution in [3.63, 3.8) is 0 Å². The van der Waals surface area contributed by atoms with E-state index in [4.69, 9.17) is 29.5 Å². The summed E-state index contributed by atoms with van der Waals surface area (Å²) in [6, 6.07) is 21.8. The van der Waals surface area contributed by atoms with E-state index in [0.29, 0.717) is 6.42 Å². The van der Waals surface area contributed by atoms with E-state index < -0.39 is 0 Å². The van der Waals surface area contributed by atoms with Crippen LogP contribution < -0.4 is 14.2 Å². The van der Waals surface area contributed by atoms with Gasteiger partial charge in [-0.1, -0.05) is 36.4 Å². The first-order valence-corrected chi connectivity index (χ1v) is 10.7. The Bertz CT molecular complexity index is 938. The Morgan fingerprint density at radius 3 is 1.50 bits per heavy atom. The number of rotatable bonds is 13. The minimum absolute atomic E-state index is 0.00631. The molecular weight excluding hydrogens is 408 g/mol. The summed E-state index contributed by atoms with van der Waals surface area (Å²) in [5.74, 6) is 2.22. The highest BCUT2D eigenvalue weighted by Gasteiger charge is 2.09. The van der Waals surface area contributed by atoms with E-state index >= 15 is 0 Å². The number of aliphatic hydroxyl groups is 3. The average molecular weight is 439 g/mol. The van der Waals surface area contributed by atoms with Gasteiger partial charge in [0.15, 0.2) is 0 Å². The minimum atomic E-state index is -0.0389. The zero-order chi connectivity index (χ0) is 22.6. The minimum Gasteiger partial charge on any atom is -0.491 e. The first kappa shape index (κ1) is 23.6. The Hall–Kier alpha value is -3.06. The molecule has 0 aromatic heterocycles. The molecule has 3 aromatic carbocycles. The number of ether oxygens (including phenoxy) is 3. The zero-order valence-corrected chi connectivity index (χ0v) is 18.1. The van der Waals surface area contributed by atoms with Crippen molar-refractivity contribution in [3.05, 3.63) is 89.0 Å². The highest BCUT2D eigenvalue weighted by Crippen LogP contribution is 2.26. The van der Waals surface area contributed by atoms with Gasteiger partial charge >= 0.3 is 0 Å². The van der Waals surface area contributed by atoms with Crippen molar-refractivity contribution < 1.29 is 29.5 Å². The summed E-state index contributed by atoms with van der Waals surface area (Å²) in [5.41, 5.74) is 4.46. The van der Waals surface area contributed by atoms with Gasteiger partial charge in [0, 0.05) is 6.42 Å². The highest BCUT2D eigenvalue weighted by molar-refractivity contribution is 5.43. The van der Waals surface area contributed by atoms with Gasteiger partial charge in [0.1, 0.15) is 37.1 Å². The Labute approximate surface area is 188 Å². The second-order valence-electron chi connectivity index (χ2n) is 7.30. The molecule has 0 spiro atoms. The molecule has 0 fully saturated rings. The Morgan fingerprint density at radius 2 is 0.969 bits per heavy atom. The standard InChI is InChI=1S/C26H30O6/c27-11-14-30-24-6-1-20(2-7-24)17-22-5-10-26(32-16-13-29)23(19-22)18-21-3-8-25(9-4-21)31-15-12-28/h1-10,19,27-29H,11-18H2. The third kappa shape index (κ3) is 7.27. The normalized spacial score (nSPS) is 10.7. The molecule has 0 radical (unpaired) electrons. The SMILES string of the molecule is OCCOc1ccc(Cc2ccc(OCCO)c(Cc3ccc(OCCO)cc3)c2)cc1.